The SMILES string of the molecule is Cc1cccc(C)c1Oc1nnc(Cl)cc1OC(=O)N1CCOCC1. The van der Waals surface area contributed by atoms with Gasteiger partial charge in [0.15, 0.2) is 10.9 Å². The maximum Gasteiger partial charge on any atom is 0.415 e. The number of amides is 1. The zero-order valence-corrected chi connectivity index (χ0v) is 14.7. The Morgan fingerprint density at radius 1 is 1.20 bits per heavy atom. The first-order valence-corrected chi connectivity index (χ1v) is 8.24. The fourth-order valence-electron chi connectivity index (χ4n) is 2.45. The Bertz CT molecular complexity index is 758. The number of ether oxygens (including phenoxy) is 3. The van der Waals surface area contributed by atoms with Crippen LogP contribution in [0.4, 0.5) is 4.79 Å². The third-order valence-electron chi connectivity index (χ3n) is 3.77. The molecule has 1 aromatic carbocycles. The third-order valence-corrected chi connectivity index (χ3v) is 3.96. The van der Waals surface area contributed by atoms with Gasteiger partial charge in [-0.05, 0) is 25.0 Å². The van der Waals surface area contributed by atoms with Crippen LogP contribution in [-0.4, -0.2) is 47.5 Å². The lowest BCUT2D eigenvalue weighted by Gasteiger charge is -2.26. The molecule has 0 unspecified atom stereocenters. The van der Waals surface area contributed by atoms with Crippen LogP contribution in [0.2, 0.25) is 5.15 Å². The van der Waals surface area contributed by atoms with Crippen LogP contribution < -0.4 is 9.47 Å². The van der Waals surface area contributed by atoms with Gasteiger partial charge in [0.25, 0.3) is 5.88 Å². The van der Waals surface area contributed by atoms with Crippen molar-refractivity contribution >= 4 is 17.7 Å². The van der Waals surface area contributed by atoms with E-state index in [9.17, 15) is 4.79 Å². The van der Waals surface area contributed by atoms with Gasteiger partial charge < -0.3 is 19.1 Å². The number of benzene rings is 1. The molecule has 0 N–H and O–H groups in total. The number of nitrogens with zero attached hydrogens (tertiary/aromatic N) is 3. The summed E-state index contributed by atoms with van der Waals surface area (Å²) in [7, 11) is 0. The van der Waals surface area contributed by atoms with Crippen molar-refractivity contribution in [3.63, 3.8) is 0 Å². The predicted molar refractivity (Wildman–Crippen MR) is 91.4 cm³/mol. The van der Waals surface area contributed by atoms with Gasteiger partial charge in [-0.3, -0.25) is 0 Å². The van der Waals surface area contributed by atoms with Crippen molar-refractivity contribution in [3.8, 4) is 17.4 Å². The van der Waals surface area contributed by atoms with Crippen molar-refractivity contribution in [2.75, 3.05) is 26.3 Å². The van der Waals surface area contributed by atoms with Crippen molar-refractivity contribution < 1.29 is 19.0 Å². The molecule has 3 rings (SSSR count). The molecule has 1 aliphatic rings. The lowest BCUT2D eigenvalue weighted by molar-refractivity contribution is 0.0413. The number of aryl methyl sites for hydroxylation is 2. The van der Waals surface area contributed by atoms with Gasteiger partial charge in [0, 0.05) is 19.2 Å². The summed E-state index contributed by atoms with van der Waals surface area (Å²) >= 11 is 5.90. The molecule has 132 valence electrons. The Balaban J connectivity index is 1.84. The molecular weight excluding hydrogens is 346 g/mol. The minimum atomic E-state index is -0.501. The van der Waals surface area contributed by atoms with Gasteiger partial charge in [-0.25, -0.2) is 4.79 Å². The molecule has 2 aromatic rings. The van der Waals surface area contributed by atoms with Crippen LogP contribution in [0.5, 0.6) is 17.4 Å². The standard InChI is InChI=1S/C17H18ClN3O4/c1-11-4-3-5-12(2)15(11)25-16-13(10-14(18)19-20-16)24-17(22)21-6-8-23-9-7-21/h3-5,10H,6-9H2,1-2H3. The molecule has 25 heavy (non-hydrogen) atoms. The molecule has 0 atom stereocenters. The zero-order chi connectivity index (χ0) is 17.8. The summed E-state index contributed by atoms with van der Waals surface area (Å²) in [6.45, 7) is 5.75. The van der Waals surface area contributed by atoms with Crippen molar-refractivity contribution in [1.29, 1.82) is 0 Å². The van der Waals surface area contributed by atoms with Gasteiger partial charge in [-0.15, -0.1) is 10.2 Å². The highest BCUT2D eigenvalue weighted by atomic mass is 35.5. The molecule has 0 saturated carbocycles. The Hall–Kier alpha value is -2.38. The maximum atomic E-state index is 12.3. The van der Waals surface area contributed by atoms with Crippen LogP contribution in [0.1, 0.15) is 11.1 Å². The Kier molecular flexibility index (Phi) is 5.35. The van der Waals surface area contributed by atoms with E-state index >= 15 is 0 Å². The summed E-state index contributed by atoms with van der Waals surface area (Å²) in [4.78, 5) is 13.9. The van der Waals surface area contributed by atoms with Crippen molar-refractivity contribution in [3.05, 3.63) is 40.5 Å². The number of halogens is 1. The Morgan fingerprint density at radius 3 is 2.56 bits per heavy atom. The van der Waals surface area contributed by atoms with E-state index in [1.165, 1.54) is 6.07 Å². The summed E-state index contributed by atoms with van der Waals surface area (Å²) in [5, 5.41) is 7.82. The number of morpholine rings is 1. The number of rotatable bonds is 3. The smallest absolute Gasteiger partial charge is 0.415 e. The first-order valence-electron chi connectivity index (χ1n) is 7.86. The highest BCUT2D eigenvalue weighted by molar-refractivity contribution is 6.29. The molecule has 0 bridgehead atoms. The minimum absolute atomic E-state index is 0.0865. The van der Waals surface area contributed by atoms with E-state index in [0.717, 1.165) is 11.1 Å². The molecule has 0 radical (unpaired) electrons. The van der Waals surface area contributed by atoms with Gasteiger partial charge in [0.1, 0.15) is 5.75 Å². The van der Waals surface area contributed by atoms with E-state index in [1.807, 2.05) is 32.0 Å². The van der Waals surface area contributed by atoms with E-state index in [2.05, 4.69) is 10.2 Å². The topological polar surface area (TPSA) is 73.8 Å². The van der Waals surface area contributed by atoms with Crippen molar-refractivity contribution in [2.45, 2.75) is 13.8 Å². The second-order valence-corrected chi connectivity index (χ2v) is 6.01. The molecule has 0 aliphatic carbocycles. The second kappa shape index (κ2) is 7.67. The lowest BCUT2D eigenvalue weighted by Crippen LogP contribution is -2.42. The number of para-hydroxylation sites is 1. The first kappa shape index (κ1) is 17.4. The average molecular weight is 364 g/mol. The number of aromatic nitrogens is 2. The van der Waals surface area contributed by atoms with E-state index in [1.54, 1.807) is 4.90 Å². The number of carbonyl (C=O) groups excluding carboxylic acids is 1. The van der Waals surface area contributed by atoms with E-state index in [0.29, 0.717) is 32.1 Å². The maximum absolute atomic E-state index is 12.3. The Labute approximate surface area is 150 Å². The molecule has 1 amide bonds. The molecular formula is C17H18ClN3O4. The molecule has 1 saturated heterocycles. The molecule has 8 heteroatoms. The average Bonchev–Trinajstić information content (AvgIpc) is 2.60. The summed E-state index contributed by atoms with van der Waals surface area (Å²) in [5.41, 5.74) is 1.87. The number of hydrogen-bond donors (Lipinski definition) is 0. The summed E-state index contributed by atoms with van der Waals surface area (Å²) < 4.78 is 16.5. The monoisotopic (exact) mass is 363 g/mol. The van der Waals surface area contributed by atoms with Gasteiger partial charge in [0.05, 0.1) is 13.2 Å². The summed E-state index contributed by atoms with van der Waals surface area (Å²) in [5.74, 6) is 0.852. The van der Waals surface area contributed by atoms with Gasteiger partial charge in [-0.1, -0.05) is 29.8 Å². The van der Waals surface area contributed by atoms with Crippen molar-refractivity contribution in [1.82, 2.24) is 15.1 Å². The Morgan fingerprint density at radius 2 is 1.88 bits per heavy atom. The van der Waals surface area contributed by atoms with E-state index < -0.39 is 6.09 Å². The molecule has 0 spiro atoms. The summed E-state index contributed by atoms with van der Waals surface area (Å²) in [6.07, 6.45) is -0.501. The largest absolute Gasteiger partial charge is 0.434 e. The number of hydrogen-bond acceptors (Lipinski definition) is 6. The van der Waals surface area contributed by atoms with Crippen LogP contribution in [-0.2, 0) is 4.74 Å². The van der Waals surface area contributed by atoms with E-state index in [-0.39, 0.29) is 16.8 Å². The zero-order valence-electron chi connectivity index (χ0n) is 14.0. The van der Waals surface area contributed by atoms with Crippen LogP contribution >= 0.6 is 11.6 Å². The van der Waals surface area contributed by atoms with Crippen LogP contribution in [0, 0.1) is 13.8 Å². The minimum Gasteiger partial charge on any atom is -0.434 e. The second-order valence-electron chi connectivity index (χ2n) is 5.63. The summed E-state index contributed by atoms with van der Waals surface area (Å²) in [6, 6.07) is 7.19. The van der Waals surface area contributed by atoms with Gasteiger partial charge >= 0.3 is 6.09 Å². The fraction of sp³-hybridized carbons (Fsp3) is 0.353. The number of carbonyl (C=O) groups is 1. The van der Waals surface area contributed by atoms with E-state index in [4.69, 9.17) is 25.8 Å². The molecule has 1 aliphatic heterocycles. The highest BCUT2D eigenvalue weighted by Crippen LogP contribution is 2.34. The third kappa shape index (κ3) is 4.18. The molecule has 1 fully saturated rings. The van der Waals surface area contributed by atoms with Crippen molar-refractivity contribution in [2.24, 2.45) is 0 Å². The van der Waals surface area contributed by atoms with Gasteiger partial charge in [-0.2, -0.15) is 0 Å². The lowest BCUT2D eigenvalue weighted by atomic mass is 10.1. The fourth-order valence-corrected chi connectivity index (χ4v) is 2.58. The van der Waals surface area contributed by atoms with Crippen LogP contribution in [0.3, 0.4) is 0 Å². The highest BCUT2D eigenvalue weighted by Gasteiger charge is 2.22. The molecule has 7 nitrogen and oxygen atoms in total. The van der Waals surface area contributed by atoms with Crippen LogP contribution in [0.25, 0.3) is 0 Å². The quantitative estimate of drug-likeness (QED) is 0.832. The molecule has 1 aromatic heterocycles. The van der Waals surface area contributed by atoms with Crippen LogP contribution in [0.15, 0.2) is 24.3 Å². The molecule has 2 heterocycles. The first-order chi connectivity index (χ1) is 12.0. The normalized spacial score (nSPS) is 14.3. The predicted octanol–water partition coefficient (Wildman–Crippen LogP) is 3.37. The van der Waals surface area contributed by atoms with Gasteiger partial charge in [0.2, 0.25) is 0 Å².